The fourth-order valence-electron chi connectivity index (χ4n) is 1.51. The van der Waals surface area contributed by atoms with Crippen LogP contribution in [0.1, 0.15) is 10.4 Å². The van der Waals surface area contributed by atoms with Crippen molar-refractivity contribution < 1.29 is 9.90 Å². The Hall–Kier alpha value is -2.57. The van der Waals surface area contributed by atoms with Crippen LogP contribution in [-0.4, -0.2) is 36.1 Å². The second kappa shape index (κ2) is 2.96. The van der Waals surface area contributed by atoms with Gasteiger partial charge in [0.1, 0.15) is 0 Å². The largest absolute Gasteiger partial charge is 0.478 e. The van der Waals surface area contributed by atoms with E-state index < -0.39 is 5.97 Å². The molecule has 7 nitrogen and oxygen atoms in total. The standard InChI is InChI=1S/C9H5N5O2/c15-9(16)5-1-2-6-7(3-5)14-8(4-10-6)11-12-13-14/h1-4H,(H,15,16). The third-order valence-electron chi connectivity index (χ3n) is 2.26. The summed E-state index contributed by atoms with van der Waals surface area (Å²) in [6.07, 6.45) is 1.53. The van der Waals surface area contributed by atoms with Crippen LogP contribution in [0, 0.1) is 0 Å². The van der Waals surface area contributed by atoms with Crippen LogP contribution in [-0.2, 0) is 0 Å². The lowest BCUT2D eigenvalue weighted by Crippen LogP contribution is -1.99. The molecule has 0 aliphatic carbocycles. The molecule has 0 aliphatic heterocycles. The van der Waals surface area contributed by atoms with Gasteiger partial charge in [-0.15, -0.1) is 5.10 Å². The highest BCUT2D eigenvalue weighted by Gasteiger charge is 2.08. The molecule has 3 aromatic rings. The van der Waals surface area contributed by atoms with Crippen molar-refractivity contribution in [1.82, 2.24) is 25.0 Å². The molecule has 1 N–H and O–H groups in total. The third-order valence-corrected chi connectivity index (χ3v) is 2.26. The van der Waals surface area contributed by atoms with Crippen molar-refractivity contribution >= 4 is 22.6 Å². The summed E-state index contributed by atoms with van der Waals surface area (Å²) >= 11 is 0. The zero-order chi connectivity index (χ0) is 11.1. The molecule has 0 saturated heterocycles. The van der Waals surface area contributed by atoms with Crippen LogP contribution in [0.25, 0.3) is 16.7 Å². The molecule has 0 amide bonds. The molecule has 0 spiro atoms. The third kappa shape index (κ3) is 1.11. The van der Waals surface area contributed by atoms with Gasteiger partial charge in [0, 0.05) is 0 Å². The van der Waals surface area contributed by atoms with Gasteiger partial charge in [0.05, 0.1) is 22.8 Å². The van der Waals surface area contributed by atoms with E-state index in [-0.39, 0.29) is 5.56 Å². The van der Waals surface area contributed by atoms with E-state index >= 15 is 0 Å². The van der Waals surface area contributed by atoms with Crippen LogP contribution in [0.4, 0.5) is 0 Å². The fraction of sp³-hybridized carbons (Fsp3) is 0. The molecule has 0 fully saturated rings. The van der Waals surface area contributed by atoms with Crippen LogP contribution in [0.15, 0.2) is 24.4 Å². The van der Waals surface area contributed by atoms with Crippen LogP contribution >= 0.6 is 0 Å². The Morgan fingerprint density at radius 2 is 2.25 bits per heavy atom. The Kier molecular flexibility index (Phi) is 1.61. The molecule has 0 radical (unpaired) electrons. The lowest BCUT2D eigenvalue weighted by atomic mass is 10.2. The number of benzene rings is 1. The lowest BCUT2D eigenvalue weighted by Gasteiger charge is -2.00. The number of nitrogens with zero attached hydrogens (tertiary/aromatic N) is 5. The number of tetrazole rings is 1. The van der Waals surface area contributed by atoms with Crippen molar-refractivity contribution in [1.29, 1.82) is 0 Å². The molecule has 2 aromatic heterocycles. The Morgan fingerprint density at radius 3 is 3.06 bits per heavy atom. The van der Waals surface area contributed by atoms with Gasteiger partial charge in [-0.05, 0) is 28.6 Å². The molecule has 16 heavy (non-hydrogen) atoms. The first-order chi connectivity index (χ1) is 7.75. The summed E-state index contributed by atoms with van der Waals surface area (Å²) in [5, 5.41) is 19.9. The SMILES string of the molecule is O=C(O)c1ccc2ncc3nnnn3c2c1. The summed E-state index contributed by atoms with van der Waals surface area (Å²) in [7, 11) is 0. The summed E-state index contributed by atoms with van der Waals surface area (Å²) < 4.78 is 1.45. The van der Waals surface area contributed by atoms with E-state index in [0.717, 1.165) is 0 Å². The first kappa shape index (κ1) is 8.72. The zero-order valence-corrected chi connectivity index (χ0v) is 7.90. The summed E-state index contributed by atoms with van der Waals surface area (Å²) in [6.45, 7) is 0. The van der Waals surface area contributed by atoms with E-state index in [0.29, 0.717) is 16.7 Å². The van der Waals surface area contributed by atoms with E-state index in [4.69, 9.17) is 5.11 Å². The van der Waals surface area contributed by atoms with Crippen molar-refractivity contribution in [3.05, 3.63) is 30.0 Å². The van der Waals surface area contributed by atoms with E-state index in [9.17, 15) is 4.79 Å². The second-order valence-corrected chi connectivity index (χ2v) is 3.22. The molecule has 2 heterocycles. The van der Waals surface area contributed by atoms with Crippen molar-refractivity contribution in [2.75, 3.05) is 0 Å². The van der Waals surface area contributed by atoms with Crippen molar-refractivity contribution in [3.8, 4) is 0 Å². The molecular formula is C9H5N5O2. The number of carboxylic acid groups (broad SMARTS) is 1. The Bertz CT molecular complexity index is 705. The second-order valence-electron chi connectivity index (χ2n) is 3.22. The number of carboxylic acids is 1. The van der Waals surface area contributed by atoms with Crippen LogP contribution in [0.3, 0.4) is 0 Å². The van der Waals surface area contributed by atoms with Crippen LogP contribution in [0.2, 0.25) is 0 Å². The highest BCUT2D eigenvalue weighted by Crippen LogP contribution is 2.14. The van der Waals surface area contributed by atoms with E-state index in [1.165, 1.54) is 22.8 Å². The first-order valence-corrected chi connectivity index (χ1v) is 4.46. The molecule has 0 aliphatic rings. The van der Waals surface area contributed by atoms with Gasteiger partial charge in [-0.2, -0.15) is 4.52 Å². The monoisotopic (exact) mass is 215 g/mol. The van der Waals surface area contributed by atoms with E-state index in [1.807, 2.05) is 0 Å². The zero-order valence-electron chi connectivity index (χ0n) is 7.90. The average Bonchev–Trinajstić information content (AvgIpc) is 2.76. The maximum atomic E-state index is 10.8. The predicted octanol–water partition coefficient (Wildman–Crippen LogP) is 0.371. The van der Waals surface area contributed by atoms with Gasteiger partial charge >= 0.3 is 5.97 Å². The van der Waals surface area contributed by atoms with Crippen molar-refractivity contribution in [2.45, 2.75) is 0 Å². The number of fused-ring (bicyclic) bond motifs is 3. The summed E-state index contributed by atoms with van der Waals surface area (Å²) in [4.78, 5) is 15.0. The predicted molar refractivity (Wildman–Crippen MR) is 53.0 cm³/mol. The molecular weight excluding hydrogens is 210 g/mol. The van der Waals surface area contributed by atoms with Gasteiger partial charge in [-0.3, -0.25) is 4.98 Å². The smallest absolute Gasteiger partial charge is 0.335 e. The van der Waals surface area contributed by atoms with E-state index in [2.05, 4.69) is 20.5 Å². The number of aromatic carboxylic acids is 1. The molecule has 0 bridgehead atoms. The molecule has 1 aromatic carbocycles. The number of hydrogen-bond donors (Lipinski definition) is 1. The highest BCUT2D eigenvalue weighted by atomic mass is 16.4. The normalized spacial score (nSPS) is 11.0. The number of carbonyl (C=O) groups is 1. The quantitative estimate of drug-likeness (QED) is 0.630. The minimum atomic E-state index is -0.994. The topological polar surface area (TPSA) is 93.3 Å². The molecule has 0 saturated carbocycles. The van der Waals surface area contributed by atoms with Gasteiger partial charge < -0.3 is 5.11 Å². The highest BCUT2D eigenvalue weighted by molar-refractivity contribution is 5.92. The Balaban J connectivity index is 2.46. The minimum absolute atomic E-state index is 0.178. The van der Waals surface area contributed by atoms with Crippen LogP contribution < -0.4 is 0 Å². The van der Waals surface area contributed by atoms with Crippen LogP contribution in [0.5, 0.6) is 0 Å². The number of aromatic nitrogens is 5. The minimum Gasteiger partial charge on any atom is -0.478 e. The van der Waals surface area contributed by atoms with Gasteiger partial charge in [0.25, 0.3) is 0 Å². The maximum Gasteiger partial charge on any atom is 0.335 e. The molecule has 0 atom stereocenters. The Labute approximate surface area is 88.3 Å². The lowest BCUT2D eigenvalue weighted by molar-refractivity contribution is 0.0697. The number of rotatable bonds is 1. The molecule has 7 heteroatoms. The van der Waals surface area contributed by atoms with Gasteiger partial charge in [-0.1, -0.05) is 0 Å². The van der Waals surface area contributed by atoms with Gasteiger partial charge in [-0.25, -0.2) is 4.79 Å². The van der Waals surface area contributed by atoms with Crippen molar-refractivity contribution in [2.24, 2.45) is 0 Å². The molecule has 78 valence electrons. The average molecular weight is 215 g/mol. The summed E-state index contributed by atoms with van der Waals surface area (Å²) in [6, 6.07) is 4.61. The summed E-state index contributed by atoms with van der Waals surface area (Å²) in [5.74, 6) is -0.994. The van der Waals surface area contributed by atoms with Gasteiger partial charge in [0.15, 0.2) is 5.65 Å². The van der Waals surface area contributed by atoms with Crippen molar-refractivity contribution in [3.63, 3.8) is 0 Å². The fourth-order valence-corrected chi connectivity index (χ4v) is 1.51. The molecule has 0 unspecified atom stereocenters. The maximum absolute atomic E-state index is 10.8. The van der Waals surface area contributed by atoms with Gasteiger partial charge in [0.2, 0.25) is 0 Å². The summed E-state index contributed by atoms with van der Waals surface area (Å²) in [5.41, 5.74) is 1.87. The van der Waals surface area contributed by atoms with E-state index in [1.54, 1.807) is 6.07 Å². The number of hydrogen-bond acceptors (Lipinski definition) is 5. The molecule has 3 rings (SSSR count). The Morgan fingerprint density at radius 1 is 1.38 bits per heavy atom. The first-order valence-electron chi connectivity index (χ1n) is 4.46.